The number of benzene rings is 2. The number of hydrogen-bond donors (Lipinski definition) is 0. The van der Waals surface area contributed by atoms with Gasteiger partial charge in [-0.25, -0.2) is 4.39 Å². The molecule has 4 rings (SSSR count). The molecule has 7 heteroatoms. The van der Waals surface area contributed by atoms with Gasteiger partial charge in [0.15, 0.2) is 5.82 Å². The SMILES string of the molecule is COc1ccccc1C=CC=c1sc2nc(C=Cc3ccc(F)cc3)nn2c1=O. The molecule has 0 unspecified atom stereocenters. The van der Waals surface area contributed by atoms with Crippen LogP contribution < -0.4 is 14.8 Å². The standard InChI is InChI=1S/C22H16FN3O2S/c1-28-18-7-3-2-5-16(18)6-4-8-19-21(27)26-22(29-19)24-20(25-26)14-11-15-9-12-17(23)13-10-15/h2-14H,1H3. The van der Waals surface area contributed by atoms with Crippen molar-refractivity contribution in [3.05, 3.63) is 92.3 Å². The summed E-state index contributed by atoms with van der Waals surface area (Å²) in [4.78, 5) is 17.4. The quantitative estimate of drug-likeness (QED) is 0.508. The third kappa shape index (κ3) is 4.14. The lowest BCUT2D eigenvalue weighted by Crippen LogP contribution is -2.23. The third-order valence-corrected chi connectivity index (χ3v) is 5.13. The molecule has 0 aliphatic heterocycles. The second kappa shape index (κ2) is 8.20. The van der Waals surface area contributed by atoms with Gasteiger partial charge in [0, 0.05) is 5.56 Å². The molecule has 0 atom stereocenters. The molecule has 0 fully saturated rings. The van der Waals surface area contributed by atoms with E-state index in [1.165, 1.54) is 28.0 Å². The zero-order chi connectivity index (χ0) is 20.2. The van der Waals surface area contributed by atoms with Crippen LogP contribution >= 0.6 is 11.3 Å². The van der Waals surface area contributed by atoms with Crippen molar-refractivity contribution in [3.8, 4) is 5.75 Å². The van der Waals surface area contributed by atoms with E-state index in [2.05, 4.69) is 10.1 Å². The number of rotatable bonds is 5. The molecule has 4 aromatic rings. The maximum atomic E-state index is 13.0. The predicted octanol–water partition coefficient (Wildman–Crippen LogP) is 3.68. The molecule has 2 heterocycles. The minimum Gasteiger partial charge on any atom is -0.496 e. The highest BCUT2D eigenvalue weighted by Gasteiger charge is 2.08. The molecule has 0 saturated heterocycles. The van der Waals surface area contributed by atoms with E-state index in [1.54, 1.807) is 43.5 Å². The Morgan fingerprint density at radius 3 is 2.62 bits per heavy atom. The lowest BCUT2D eigenvalue weighted by Gasteiger charge is -2.02. The van der Waals surface area contributed by atoms with Gasteiger partial charge in [-0.1, -0.05) is 59.9 Å². The summed E-state index contributed by atoms with van der Waals surface area (Å²) in [6, 6.07) is 13.7. The van der Waals surface area contributed by atoms with Crippen LogP contribution in [-0.4, -0.2) is 21.7 Å². The molecular formula is C22H16FN3O2S. The fraction of sp³-hybridized carbons (Fsp3) is 0.0455. The van der Waals surface area contributed by atoms with Crippen molar-refractivity contribution in [1.82, 2.24) is 14.6 Å². The fourth-order valence-electron chi connectivity index (χ4n) is 2.72. The Morgan fingerprint density at radius 2 is 1.86 bits per heavy atom. The summed E-state index contributed by atoms with van der Waals surface area (Å²) in [5.41, 5.74) is 1.53. The van der Waals surface area contributed by atoms with Crippen molar-refractivity contribution >= 4 is 40.6 Å². The van der Waals surface area contributed by atoms with Crippen molar-refractivity contribution in [2.75, 3.05) is 7.11 Å². The number of thiazole rings is 1. The predicted molar refractivity (Wildman–Crippen MR) is 114 cm³/mol. The van der Waals surface area contributed by atoms with E-state index < -0.39 is 0 Å². The largest absolute Gasteiger partial charge is 0.496 e. The summed E-state index contributed by atoms with van der Waals surface area (Å²) < 4.78 is 20.1. The number of allylic oxidation sites excluding steroid dienone is 1. The molecule has 0 aliphatic carbocycles. The van der Waals surface area contributed by atoms with E-state index in [1.807, 2.05) is 30.3 Å². The number of nitrogens with zero attached hydrogens (tertiary/aromatic N) is 3. The Hall–Kier alpha value is -3.58. The number of ether oxygens (including phenoxy) is 1. The third-order valence-electron chi connectivity index (χ3n) is 4.16. The maximum Gasteiger partial charge on any atom is 0.291 e. The van der Waals surface area contributed by atoms with Gasteiger partial charge in [-0.3, -0.25) is 4.79 Å². The highest BCUT2D eigenvalue weighted by atomic mass is 32.1. The van der Waals surface area contributed by atoms with Crippen molar-refractivity contribution < 1.29 is 9.13 Å². The van der Waals surface area contributed by atoms with Gasteiger partial charge in [0.05, 0.1) is 11.6 Å². The van der Waals surface area contributed by atoms with Crippen molar-refractivity contribution in [3.63, 3.8) is 0 Å². The summed E-state index contributed by atoms with van der Waals surface area (Å²) in [5.74, 6) is 0.899. The van der Waals surface area contributed by atoms with E-state index in [0.29, 0.717) is 15.3 Å². The molecule has 29 heavy (non-hydrogen) atoms. The van der Waals surface area contributed by atoms with Crippen LogP contribution in [0.1, 0.15) is 17.0 Å². The monoisotopic (exact) mass is 405 g/mol. The number of halogens is 1. The van der Waals surface area contributed by atoms with E-state index >= 15 is 0 Å². The highest BCUT2D eigenvalue weighted by Crippen LogP contribution is 2.18. The van der Waals surface area contributed by atoms with Gasteiger partial charge in [0.1, 0.15) is 11.6 Å². The van der Waals surface area contributed by atoms with Gasteiger partial charge >= 0.3 is 0 Å². The summed E-state index contributed by atoms with van der Waals surface area (Å²) in [6.07, 6.45) is 8.89. The van der Waals surface area contributed by atoms with Crippen molar-refractivity contribution in [1.29, 1.82) is 0 Å². The second-order valence-electron chi connectivity index (χ2n) is 6.09. The number of fused-ring (bicyclic) bond motifs is 1. The van der Waals surface area contributed by atoms with Gasteiger partial charge in [0.2, 0.25) is 4.96 Å². The molecule has 0 aliphatic rings. The number of methoxy groups -OCH3 is 1. The molecule has 0 amide bonds. The average Bonchev–Trinajstić information content (AvgIpc) is 3.27. The Morgan fingerprint density at radius 1 is 1.07 bits per heavy atom. The van der Waals surface area contributed by atoms with E-state index in [9.17, 15) is 9.18 Å². The normalized spacial score (nSPS) is 12.6. The van der Waals surface area contributed by atoms with Crippen LogP contribution in [0.25, 0.3) is 29.3 Å². The molecule has 0 spiro atoms. The first kappa shape index (κ1) is 18.8. The minimum absolute atomic E-state index is 0.219. The first-order valence-corrected chi connectivity index (χ1v) is 9.60. The molecule has 0 radical (unpaired) electrons. The molecule has 2 aromatic heterocycles. The van der Waals surface area contributed by atoms with E-state index in [0.717, 1.165) is 16.9 Å². The van der Waals surface area contributed by atoms with Crippen LogP contribution in [-0.2, 0) is 0 Å². The zero-order valence-corrected chi connectivity index (χ0v) is 16.3. The molecule has 2 aromatic carbocycles. The van der Waals surface area contributed by atoms with Gasteiger partial charge < -0.3 is 4.74 Å². The van der Waals surface area contributed by atoms with Crippen LogP contribution in [0, 0.1) is 5.82 Å². The molecule has 0 N–H and O–H groups in total. The maximum absolute atomic E-state index is 13.0. The van der Waals surface area contributed by atoms with Crippen molar-refractivity contribution in [2.45, 2.75) is 0 Å². The average molecular weight is 405 g/mol. The Bertz CT molecular complexity index is 1320. The minimum atomic E-state index is -0.290. The second-order valence-corrected chi connectivity index (χ2v) is 7.10. The smallest absolute Gasteiger partial charge is 0.291 e. The van der Waals surface area contributed by atoms with Crippen LogP contribution in [0.4, 0.5) is 4.39 Å². The van der Waals surface area contributed by atoms with E-state index in [4.69, 9.17) is 4.74 Å². The molecule has 0 saturated carbocycles. The molecule has 144 valence electrons. The fourth-order valence-corrected chi connectivity index (χ4v) is 3.59. The van der Waals surface area contributed by atoms with Crippen LogP contribution in [0.2, 0.25) is 0 Å². The molecule has 0 bridgehead atoms. The Labute approximate surface area is 169 Å². The van der Waals surface area contributed by atoms with Gasteiger partial charge in [-0.2, -0.15) is 9.50 Å². The van der Waals surface area contributed by atoms with Gasteiger partial charge in [-0.15, -0.1) is 5.10 Å². The number of aromatic nitrogens is 3. The first-order valence-electron chi connectivity index (χ1n) is 8.79. The topological polar surface area (TPSA) is 56.5 Å². The van der Waals surface area contributed by atoms with Crippen molar-refractivity contribution in [2.24, 2.45) is 0 Å². The van der Waals surface area contributed by atoms with Crippen LogP contribution in [0.15, 0.2) is 59.4 Å². The number of hydrogen-bond acceptors (Lipinski definition) is 5. The van der Waals surface area contributed by atoms with Gasteiger partial charge in [0.25, 0.3) is 5.56 Å². The lowest BCUT2D eigenvalue weighted by atomic mass is 10.2. The Kier molecular flexibility index (Phi) is 5.31. The lowest BCUT2D eigenvalue weighted by molar-refractivity contribution is 0.414. The van der Waals surface area contributed by atoms with Crippen LogP contribution in [0.5, 0.6) is 5.75 Å². The zero-order valence-electron chi connectivity index (χ0n) is 15.4. The van der Waals surface area contributed by atoms with Crippen LogP contribution in [0.3, 0.4) is 0 Å². The van der Waals surface area contributed by atoms with Gasteiger partial charge in [-0.05, 0) is 35.9 Å². The molecular weight excluding hydrogens is 389 g/mol. The number of para-hydroxylation sites is 1. The summed E-state index contributed by atoms with van der Waals surface area (Å²) in [7, 11) is 1.62. The summed E-state index contributed by atoms with van der Waals surface area (Å²) >= 11 is 1.27. The van der Waals surface area contributed by atoms with E-state index in [-0.39, 0.29) is 11.4 Å². The summed E-state index contributed by atoms with van der Waals surface area (Å²) in [5, 5.41) is 4.24. The molecule has 5 nitrogen and oxygen atoms in total. The first-order chi connectivity index (χ1) is 14.1. The summed E-state index contributed by atoms with van der Waals surface area (Å²) in [6.45, 7) is 0. The Balaban J connectivity index is 1.58. The highest BCUT2D eigenvalue weighted by molar-refractivity contribution is 7.15.